The normalized spacial score (nSPS) is 14.2. The van der Waals surface area contributed by atoms with Crippen LogP contribution in [0.15, 0.2) is 103 Å². The van der Waals surface area contributed by atoms with Crippen molar-refractivity contribution in [2.45, 2.75) is 50.1 Å². The lowest BCUT2D eigenvalue weighted by atomic mass is 9.96. The van der Waals surface area contributed by atoms with Gasteiger partial charge >= 0.3 is 0 Å². The Morgan fingerprint density at radius 2 is 1.46 bits per heavy atom. The van der Waals surface area contributed by atoms with Crippen molar-refractivity contribution in [1.29, 1.82) is 5.41 Å². The molecule has 0 aliphatic heterocycles. The molecular formula is C35H38N6O4S. The molecule has 0 fully saturated rings. The SMILES string of the molecule is N=C(N)c1ccc(CNC(=O)C(CCc2ccncc2)NC(=O)C(NS(=O)(=O)Cc2ccccc2)C2Cc3ccccc3C2)cc1. The van der Waals surface area contributed by atoms with Crippen LogP contribution in [0.2, 0.25) is 0 Å². The Hall–Kier alpha value is -4.87. The van der Waals surface area contributed by atoms with Crippen molar-refractivity contribution in [3.63, 3.8) is 0 Å². The van der Waals surface area contributed by atoms with Gasteiger partial charge < -0.3 is 16.4 Å². The second-order valence-corrected chi connectivity index (χ2v) is 13.3. The van der Waals surface area contributed by atoms with Crippen LogP contribution in [0, 0.1) is 11.3 Å². The molecule has 1 aliphatic carbocycles. The van der Waals surface area contributed by atoms with E-state index in [2.05, 4.69) is 20.3 Å². The summed E-state index contributed by atoms with van der Waals surface area (Å²) in [6.45, 7) is 0.198. The van der Waals surface area contributed by atoms with E-state index in [1.807, 2.05) is 42.5 Å². The van der Waals surface area contributed by atoms with Gasteiger partial charge in [0.05, 0.1) is 5.75 Å². The van der Waals surface area contributed by atoms with Crippen LogP contribution in [-0.4, -0.2) is 43.1 Å². The molecule has 2 unspecified atom stereocenters. The number of nitrogens with two attached hydrogens (primary N) is 1. The van der Waals surface area contributed by atoms with Crippen LogP contribution in [0.5, 0.6) is 0 Å². The van der Waals surface area contributed by atoms with Crippen LogP contribution < -0.4 is 21.1 Å². The molecule has 0 spiro atoms. The average molecular weight is 639 g/mol. The molecule has 0 saturated heterocycles. The zero-order valence-electron chi connectivity index (χ0n) is 25.4. The molecular weight excluding hydrogens is 600 g/mol. The van der Waals surface area contributed by atoms with Crippen LogP contribution in [0.1, 0.15) is 39.8 Å². The maximum Gasteiger partial charge on any atom is 0.242 e. The van der Waals surface area contributed by atoms with Crippen LogP contribution in [0.4, 0.5) is 0 Å². The van der Waals surface area contributed by atoms with Gasteiger partial charge in [0.2, 0.25) is 21.8 Å². The van der Waals surface area contributed by atoms with Gasteiger partial charge in [0.25, 0.3) is 0 Å². The molecule has 1 aromatic heterocycles. The van der Waals surface area contributed by atoms with E-state index in [0.29, 0.717) is 36.8 Å². The fourth-order valence-electron chi connectivity index (χ4n) is 5.73. The first kappa shape index (κ1) is 32.5. The fourth-order valence-corrected chi connectivity index (χ4v) is 7.13. The number of carbonyl (C=O) groups is 2. The quantitative estimate of drug-likeness (QED) is 0.105. The van der Waals surface area contributed by atoms with E-state index in [-0.39, 0.29) is 24.1 Å². The minimum atomic E-state index is -3.91. The number of hydrogen-bond donors (Lipinski definition) is 5. The number of amidine groups is 1. The summed E-state index contributed by atoms with van der Waals surface area (Å²) in [7, 11) is -3.91. The van der Waals surface area contributed by atoms with Gasteiger partial charge in [0.1, 0.15) is 17.9 Å². The van der Waals surface area contributed by atoms with E-state index in [0.717, 1.165) is 22.3 Å². The molecule has 5 rings (SSSR count). The van der Waals surface area contributed by atoms with Crippen molar-refractivity contribution < 1.29 is 18.0 Å². The lowest BCUT2D eigenvalue weighted by molar-refractivity contribution is -0.130. The molecule has 10 nitrogen and oxygen atoms in total. The molecule has 2 amide bonds. The molecule has 0 saturated carbocycles. The highest BCUT2D eigenvalue weighted by atomic mass is 32.2. The predicted octanol–water partition coefficient (Wildman–Crippen LogP) is 3.00. The van der Waals surface area contributed by atoms with Crippen molar-refractivity contribution in [2.75, 3.05) is 0 Å². The average Bonchev–Trinajstić information content (AvgIpc) is 3.49. The van der Waals surface area contributed by atoms with Crippen LogP contribution in [-0.2, 0) is 51.2 Å². The molecule has 0 radical (unpaired) electrons. The Bertz CT molecular complexity index is 1740. The molecule has 11 heteroatoms. The summed E-state index contributed by atoms with van der Waals surface area (Å²) in [5, 5.41) is 13.4. The molecule has 4 aromatic rings. The Kier molecular flexibility index (Phi) is 10.6. The van der Waals surface area contributed by atoms with Gasteiger partial charge in [-0.1, -0.05) is 78.9 Å². The largest absolute Gasteiger partial charge is 0.384 e. The van der Waals surface area contributed by atoms with Gasteiger partial charge in [0.15, 0.2) is 0 Å². The molecule has 0 bridgehead atoms. The Morgan fingerprint density at radius 1 is 0.826 bits per heavy atom. The summed E-state index contributed by atoms with van der Waals surface area (Å²) in [4.78, 5) is 31.7. The first-order valence-corrected chi connectivity index (χ1v) is 16.8. The van der Waals surface area contributed by atoms with Gasteiger partial charge in [-0.2, -0.15) is 0 Å². The van der Waals surface area contributed by atoms with E-state index < -0.39 is 33.9 Å². The van der Waals surface area contributed by atoms with E-state index in [1.165, 1.54) is 0 Å². The van der Waals surface area contributed by atoms with Crippen molar-refractivity contribution in [1.82, 2.24) is 20.3 Å². The van der Waals surface area contributed by atoms with E-state index in [4.69, 9.17) is 11.1 Å². The van der Waals surface area contributed by atoms with Crippen molar-refractivity contribution in [3.8, 4) is 0 Å². The molecule has 2 atom stereocenters. The van der Waals surface area contributed by atoms with Gasteiger partial charge in [0, 0.05) is 24.5 Å². The van der Waals surface area contributed by atoms with Gasteiger partial charge in [-0.25, -0.2) is 13.1 Å². The molecule has 3 aromatic carbocycles. The Balaban J connectivity index is 1.35. The number of rotatable bonds is 14. The number of fused-ring (bicyclic) bond motifs is 1. The van der Waals surface area contributed by atoms with E-state index in [1.54, 1.807) is 60.9 Å². The topological polar surface area (TPSA) is 167 Å². The van der Waals surface area contributed by atoms with Crippen LogP contribution in [0.3, 0.4) is 0 Å². The number of nitrogens with one attached hydrogen (secondary N) is 4. The minimum absolute atomic E-state index is 0.0474. The summed E-state index contributed by atoms with van der Waals surface area (Å²) in [5.41, 5.74) is 10.6. The monoisotopic (exact) mass is 638 g/mol. The smallest absolute Gasteiger partial charge is 0.242 e. The lowest BCUT2D eigenvalue weighted by Gasteiger charge is -2.27. The third kappa shape index (κ3) is 8.86. The first-order chi connectivity index (χ1) is 22.2. The third-order valence-electron chi connectivity index (χ3n) is 8.18. The minimum Gasteiger partial charge on any atom is -0.384 e. The van der Waals surface area contributed by atoms with E-state index >= 15 is 0 Å². The van der Waals surface area contributed by atoms with Gasteiger partial charge in [-0.15, -0.1) is 0 Å². The number of nitrogen functional groups attached to an aromatic ring is 1. The fraction of sp³-hybridized carbons (Fsp3) is 0.257. The standard InChI is InChI=1S/C35H38N6O4S/c36-33(37)27-13-10-25(11-14-27)22-39-34(42)31(15-12-24-16-18-38-19-17-24)40-35(43)32(30-20-28-8-4-5-9-29(28)21-30)41-46(44,45)23-26-6-2-1-3-7-26/h1-11,13-14,16-19,30-32,41H,12,15,20-23H2,(H3,36,37)(H,39,42)(H,40,43). The summed E-state index contributed by atoms with van der Waals surface area (Å²) in [6.07, 6.45) is 5.19. The summed E-state index contributed by atoms with van der Waals surface area (Å²) in [6, 6.07) is 25.3. The van der Waals surface area contributed by atoms with Crippen LogP contribution >= 0.6 is 0 Å². The second-order valence-electron chi connectivity index (χ2n) is 11.6. The van der Waals surface area contributed by atoms with E-state index in [9.17, 15) is 18.0 Å². The number of aromatic nitrogens is 1. The van der Waals surface area contributed by atoms with Gasteiger partial charge in [-0.3, -0.25) is 20.0 Å². The summed E-state index contributed by atoms with van der Waals surface area (Å²) in [5.74, 6) is -1.58. The number of benzene rings is 3. The number of sulfonamides is 1. The highest BCUT2D eigenvalue weighted by Crippen LogP contribution is 2.29. The Morgan fingerprint density at radius 3 is 2.09 bits per heavy atom. The third-order valence-corrected chi connectivity index (χ3v) is 9.50. The highest BCUT2D eigenvalue weighted by molar-refractivity contribution is 7.88. The molecule has 1 aliphatic rings. The maximum absolute atomic E-state index is 14.1. The van der Waals surface area contributed by atoms with Crippen molar-refractivity contribution in [3.05, 3.63) is 137 Å². The number of aryl methyl sites for hydroxylation is 1. The lowest BCUT2D eigenvalue weighted by Crippen LogP contribution is -2.56. The zero-order valence-corrected chi connectivity index (χ0v) is 26.2. The highest BCUT2D eigenvalue weighted by Gasteiger charge is 2.37. The van der Waals surface area contributed by atoms with Crippen LogP contribution in [0.25, 0.3) is 0 Å². The van der Waals surface area contributed by atoms with Crippen molar-refractivity contribution in [2.24, 2.45) is 11.7 Å². The molecule has 1 heterocycles. The molecule has 46 heavy (non-hydrogen) atoms. The first-order valence-electron chi connectivity index (χ1n) is 15.2. The molecule has 238 valence electrons. The second kappa shape index (κ2) is 14.9. The summed E-state index contributed by atoms with van der Waals surface area (Å²) < 4.78 is 29.5. The predicted molar refractivity (Wildman–Crippen MR) is 177 cm³/mol. The van der Waals surface area contributed by atoms with Crippen molar-refractivity contribution >= 4 is 27.7 Å². The number of amides is 2. The molecule has 6 N–H and O–H groups in total. The number of nitrogens with zero attached hydrogens (tertiary/aromatic N) is 1. The Labute approximate surface area is 269 Å². The maximum atomic E-state index is 14.1. The number of hydrogen-bond acceptors (Lipinski definition) is 6. The zero-order chi connectivity index (χ0) is 32.5. The van der Waals surface area contributed by atoms with Gasteiger partial charge in [-0.05, 0) is 71.6 Å². The summed E-state index contributed by atoms with van der Waals surface area (Å²) >= 11 is 0. The number of carbonyl (C=O) groups excluding carboxylic acids is 2. The number of pyridine rings is 1.